The molecule has 0 radical (unpaired) electrons. The van der Waals surface area contributed by atoms with Gasteiger partial charge < -0.3 is 10.0 Å². The van der Waals surface area contributed by atoms with Gasteiger partial charge in [-0.3, -0.25) is 14.3 Å². The molecule has 0 aromatic carbocycles. The van der Waals surface area contributed by atoms with Crippen molar-refractivity contribution in [2.45, 2.75) is 45.4 Å². The summed E-state index contributed by atoms with van der Waals surface area (Å²) in [6.07, 6.45) is 2.75. The summed E-state index contributed by atoms with van der Waals surface area (Å²) in [4.78, 5) is 25.2. The van der Waals surface area contributed by atoms with Gasteiger partial charge in [-0.2, -0.15) is 5.10 Å². The molecule has 1 aromatic heterocycles. The number of carbonyl (C=O) groups is 2. The summed E-state index contributed by atoms with van der Waals surface area (Å²) >= 11 is 0. The number of likely N-dealkylation sites (tertiary alicyclic amines) is 1. The number of carboxylic acids is 1. The quantitative estimate of drug-likeness (QED) is 0.905. The van der Waals surface area contributed by atoms with Crippen molar-refractivity contribution in [2.24, 2.45) is 13.0 Å². The van der Waals surface area contributed by atoms with Gasteiger partial charge in [-0.1, -0.05) is 13.8 Å². The number of nitrogens with zero attached hydrogens (tertiary/aromatic N) is 3. The van der Waals surface area contributed by atoms with Crippen LogP contribution >= 0.6 is 0 Å². The average Bonchev–Trinajstić information content (AvgIpc) is 2.87. The molecule has 1 aromatic rings. The number of aryl methyl sites for hydroxylation is 1. The fourth-order valence-corrected chi connectivity index (χ4v) is 2.95. The Morgan fingerprint density at radius 3 is 2.77 bits per heavy atom. The first-order chi connectivity index (χ1) is 10.4. The second-order valence-corrected chi connectivity index (χ2v) is 6.42. The van der Waals surface area contributed by atoms with Crippen LogP contribution in [-0.4, -0.2) is 44.8 Å². The Balaban J connectivity index is 2.04. The fourth-order valence-electron chi connectivity index (χ4n) is 2.95. The molecule has 22 heavy (non-hydrogen) atoms. The second-order valence-electron chi connectivity index (χ2n) is 6.42. The van der Waals surface area contributed by atoms with E-state index >= 15 is 0 Å². The van der Waals surface area contributed by atoms with E-state index in [-0.39, 0.29) is 24.2 Å². The van der Waals surface area contributed by atoms with Crippen molar-refractivity contribution < 1.29 is 14.7 Å². The van der Waals surface area contributed by atoms with Gasteiger partial charge in [0.2, 0.25) is 0 Å². The first-order valence-electron chi connectivity index (χ1n) is 7.93. The SMILES string of the molecule is CC(C)c1cc(C(=O)N2CCC[C@H](CCC(=O)O)C2)n(C)n1. The number of amides is 1. The Morgan fingerprint density at radius 1 is 1.45 bits per heavy atom. The van der Waals surface area contributed by atoms with Gasteiger partial charge in [-0.05, 0) is 37.2 Å². The molecule has 0 bridgehead atoms. The minimum absolute atomic E-state index is 0.00178. The molecule has 1 saturated heterocycles. The molecule has 1 aliphatic heterocycles. The lowest BCUT2D eigenvalue weighted by molar-refractivity contribution is -0.137. The number of aromatic nitrogens is 2. The molecule has 0 saturated carbocycles. The summed E-state index contributed by atoms with van der Waals surface area (Å²) in [6, 6.07) is 1.87. The van der Waals surface area contributed by atoms with Crippen LogP contribution in [0.2, 0.25) is 0 Å². The molecule has 1 amide bonds. The van der Waals surface area contributed by atoms with E-state index in [4.69, 9.17) is 5.11 Å². The van der Waals surface area contributed by atoms with Gasteiger partial charge in [0.05, 0.1) is 5.69 Å². The van der Waals surface area contributed by atoms with Crippen LogP contribution in [0.1, 0.15) is 61.6 Å². The molecule has 1 N–H and O–H groups in total. The van der Waals surface area contributed by atoms with E-state index in [1.165, 1.54) is 0 Å². The van der Waals surface area contributed by atoms with E-state index in [0.717, 1.165) is 25.1 Å². The van der Waals surface area contributed by atoms with Crippen molar-refractivity contribution in [3.8, 4) is 0 Å². The summed E-state index contributed by atoms with van der Waals surface area (Å²) < 4.78 is 1.65. The van der Waals surface area contributed by atoms with Crippen molar-refractivity contribution >= 4 is 11.9 Å². The number of carboxylic acid groups (broad SMARTS) is 1. The monoisotopic (exact) mass is 307 g/mol. The Morgan fingerprint density at radius 2 is 2.18 bits per heavy atom. The topological polar surface area (TPSA) is 75.4 Å². The molecule has 6 nitrogen and oxygen atoms in total. The van der Waals surface area contributed by atoms with Crippen molar-refractivity contribution in [3.63, 3.8) is 0 Å². The number of hydrogen-bond donors (Lipinski definition) is 1. The van der Waals surface area contributed by atoms with Crippen molar-refractivity contribution in [3.05, 3.63) is 17.5 Å². The van der Waals surface area contributed by atoms with Crippen LogP contribution in [0.15, 0.2) is 6.07 Å². The molecule has 1 fully saturated rings. The minimum atomic E-state index is -0.767. The van der Waals surface area contributed by atoms with E-state index in [0.29, 0.717) is 18.7 Å². The molecule has 0 unspecified atom stereocenters. The van der Waals surface area contributed by atoms with Crippen LogP contribution in [0.3, 0.4) is 0 Å². The van der Waals surface area contributed by atoms with Crippen molar-refractivity contribution in [2.75, 3.05) is 13.1 Å². The first-order valence-corrected chi connectivity index (χ1v) is 7.93. The highest BCUT2D eigenvalue weighted by molar-refractivity contribution is 5.92. The maximum atomic E-state index is 12.7. The maximum Gasteiger partial charge on any atom is 0.303 e. The number of rotatable bonds is 5. The van der Waals surface area contributed by atoms with E-state index in [9.17, 15) is 9.59 Å². The largest absolute Gasteiger partial charge is 0.481 e. The Labute approximate surface area is 131 Å². The molecule has 1 atom stereocenters. The Bertz CT molecular complexity index is 551. The van der Waals surface area contributed by atoms with Gasteiger partial charge in [0.1, 0.15) is 5.69 Å². The summed E-state index contributed by atoms with van der Waals surface area (Å²) in [6.45, 7) is 5.50. The van der Waals surface area contributed by atoms with Crippen molar-refractivity contribution in [1.29, 1.82) is 0 Å². The minimum Gasteiger partial charge on any atom is -0.481 e. The lowest BCUT2D eigenvalue weighted by Gasteiger charge is -2.32. The molecule has 2 heterocycles. The first kappa shape index (κ1) is 16.5. The van der Waals surface area contributed by atoms with E-state index in [2.05, 4.69) is 18.9 Å². The lowest BCUT2D eigenvalue weighted by Crippen LogP contribution is -2.40. The highest BCUT2D eigenvalue weighted by Gasteiger charge is 2.27. The molecule has 0 aliphatic carbocycles. The maximum absolute atomic E-state index is 12.7. The molecular weight excluding hydrogens is 282 g/mol. The van der Waals surface area contributed by atoms with Gasteiger partial charge in [0.15, 0.2) is 0 Å². The smallest absolute Gasteiger partial charge is 0.303 e. The highest BCUT2D eigenvalue weighted by atomic mass is 16.4. The zero-order valence-corrected chi connectivity index (χ0v) is 13.6. The van der Waals surface area contributed by atoms with Crippen molar-refractivity contribution in [1.82, 2.24) is 14.7 Å². The van der Waals surface area contributed by atoms with Crippen LogP contribution in [-0.2, 0) is 11.8 Å². The summed E-state index contributed by atoms with van der Waals surface area (Å²) in [7, 11) is 1.80. The van der Waals surface area contributed by atoms with Gasteiger partial charge in [0, 0.05) is 26.6 Å². The van der Waals surface area contributed by atoms with E-state index in [1.807, 2.05) is 11.0 Å². The predicted molar refractivity (Wildman–Crippen MR) is 82.8 cm³/mol. The average molecular weight is 307 g/mol. The van der Waals surface area contributed by atoms with E-state index in [1.54, 1.807) is 11.7 Å². The summed E-state index contributed by atoms with van der Waals surface area (Å²) in [5, 5.41) is 13.2. The molecule has 0 spiro atoms. The fraction of sp³-hybridized carbons (Fsp3) is 0.688. The number of aliphatic carboxylic acids is 1. The van der Waals surface area contributed by atoms with E-state index < -0.39 is 5.97 Å². The van der Waals surface area contributed by atoms with Gasteiger partial charge in [0.25, 0.3) is 5.91 Å². The third-order valence-corrected chi connectivity index (χ3v) is 4.28. The van der Waals surface area contributed by atoms with Crippen LogP contribution < -0.4 is 0 Å². The molecular formula is C16H25N3O3. The predicted octanol–water partition coefficient (Wildman–Crippen LogP) is 2.26. The standard InChI is InChI=1S/C16H25N3O3/c1-11(2)13-9-14(18(3)17-13)16(22)19-8-4-5-12(10-19)6-7-15(20)21/h9,11-12H,4-8,10H2,1-3H3,(H,20,21)/t12-/m1/s1. The number of hydrogen-bond acceptors (Lipinski definition) is 3. The van der Waals surface area contributed by atoms with Crippen LogP contribution in [0.5, 0.6) is 0 Å². The molecule has 1 aliphatic rings. The summed E-state index contributed by atoms with van der Waals surface area (Å²) in [5.74, 6) is -0.192. The zero-order chi connectivity index (χ0) is 16.3. The zero-order valence-electron chi connectivity index (χ0n) is 13.6. The Kier molecular flexibility index (Phi) is 5.21. The third-order valence-electron chi connectivity index (χ3n) is 4.28. The van der Waals surface area contributed by atoms with Crippen LogP contribution in [0.25, 0.3) is 0 Å². The highest BCUT2D eigenvalue weighted by Crippen LogP contribution is 2.23. The molecule has 2 rings (SSSR count). The third kappa shape index (κ3) is 3.87. The van der Waals surface area contributed by atoms with Gasteiger partial charge in [-0.15, -0.1) is 0 Å². The lowest BCUT2D eigenvalue weighted by atomic mass is 9.93. The number of piperidine rings is 1. The van der Waals surface area contributed by atoms with Crippen LogP contribution in [0.4, 0.5) is 0 Å². The van der Waals surface area contributed by atoms with Gasteiger partial charge >= 0.3 is 5.97 Å². The Hall–Kier alpha value is -1.85. The normalized spacial score (nSPS) is 18.7. The molecule has 6 heteroatoms. The molecule has 122 valence electrons. The second kappa shape index (κ2) is 6.94. The van der Waals surface area contributed by atoms with Crippen LogP contribution in [0, 0.1) is 5.92 Å². The summed E-state index contributed by atoms with van der Waals surface area (Å²) in [5.41, 5.74) is 1.54. The van der Waals surface area contributed by atoms with Gasteiger partial charge in [-0.25, -0.2) is 0 Å². The number of carbonyl (C=O) groups excluding carboxylic acids is 1.